The Morgan fingerprint density at radius 1 is 1.24 bits per heavy atom. The van der Waals surface area contributed by atoms with Crippen LogP contribution in [0.2, 0.25) is 0 Å². The first-order valence-corrected chi connectivity index (χ1v) is 6.66. The number of halogens is 1. The summed E-state index contributed by atoms with van der Waals surface area (Å²) in [6.07, 6.45) is 0.316. The van der Waals surface area contributed by atoms with E-state index in [1.807, 2.05) is 32.9 Å². The molecule has 2 atom stereocenters. The number of nitrogens with one attached hydrogen (secondary N) is 1. The number of hydrogen-bond donors (Lipinski definition) is 2. The van der Waals surface area contributed by atoms with Crippen LogP contribution in [0.25, 0.3) is 0 Å². The molecule has 0 aromatic heterocycles. The zero-order valence-corrected chi connectivity index (χ0v) is 14.0. The maximum atomic E-state index is 11.8. The summed E-state index contributed by atoms with van der Waals surface area (Å²) in [4.78, 5) is 11.8. The number of amides is 1. The van der Waals surface area contributed by atoms with Crippen molar-refractivity contribution < 1.29 is 14.3 Å². The van der Waals surface area contributed by atoms with Gasteiger partial charge in [0.15, 0.2) is 11.5 Å². The second-order valence-corrected chi connectivity index (χ2v) is 5.03. The monoisotopic (exact) mass is 316 g/mol. The Balaban J connectivity index is 0.00000400. The molecule has 0 fully saturated rings. The van der Waals surface area contributed by atoms with Gasteiger partial charge in [-0.2, -0.15) is 0 Å². The van der Waals surface area contributed by atoms with Gasteiger partial charge < -0.3 is 20.5 Å². The van der Waals surface area contributed by atoms with Crippen molar-refractivity contribution in [3.63, 3.8) is 0 Å². The Hall–Kier alpha value is -1.46. The van der Waals surface area contributed by atoms with Gasteiger partial charge >= 0.3 is 0 Å². The van der Waals surface area contributed by atoms with Gasteiger partial charge in [-0.25, -0.2) is 0 Å². The van der Waals surface area contributed by atoms with Crippen LogP contribution in [0.1, 0.15) is 37.4 Å². The molecule has 21 heavy (non-hydrogen) atoms. The van der Waals surface area contributed by atoms with Crippen LogP contribution in [0.4, 0.5) is 0 Å². The third-order valence-electron chi connectivity index (χ3n) is 3.12. The normalized spacial score (nSPS) is 12.9. The molecule has 0 radical (unpaired) electrons. The van der Waals surface area contributed by atoms with Gasteiger partial charge in [0.2, 0.25) is 5.91 Å². The Bertz CT molecular complexity index is 478. The minimum atomic E-state index is -0.145. The molecule has 3 N–H and O–H groups in total. The lowest BCUT2D eigenvalue weighted by molar-refractivity contribution is -0.122. The summed E-state index contributed by atoms with van der Waals surface area (Å²) in [5.74, 6) is 1.28. The van der Waals surface area contributed by atoms with Crippen LogP contribution < -0.4 is 20.5 Å². The third kappa shape index (κ3) is 5.44. The van der Waals surface area contributed by atoms with Gasteiger partial charge in [0.25, 0.3) is 0 Å². The molecule has 1 amide bonds. The zero-order chi connectivity index (χ0) is 15.3. The lowest BCUT2D eigenvalue weighted by Gasteiger charge is -2.19. The van der Waals surface area contributed by atoms with Crippen molar-refractivity contribution in [1.29, 1.82) is 0 Å². The number of benzene rings is 1. The largest absolute Gasteiger partial charge is 0.493 e. The average Bonchev–Trinajstić information content (AvgIpc) is 2.36. The molecular formula is C15H25ClN2O3. The Morgan fingerprint density at radius 3 is 2.24 bits per heavy atom. The molecular weight excluding hydrogens is 292 g/mol. The second kappa shape index (κ2) is 8.74. The third-order valence-corrected chi connectivity index (χ3v) is 3.12. The molecule has 1 aromatic carbocycles. The van der Waals surface area contributed by atoms with E-state index in [0.29, 0.717) is 17.9 Å². The van der Waals surface area contributed by atoms with Crippen LogP contribution in [0, 0.1) is 6.92 Å². The van der Waals surface area contributed by atoms with Crippen LogP contribution in [-0.4, -0.2) is 26.2 Å². The van der Waals surface area contributed by atoms with E-state index < -0.39 is 0 Å². The molecule has 0 saturated carbocycles. The predicted octanol–water partition coefficient (Wildman–Crippen LogP) is 2.35. The lowest BCUT2D eigenvalue weighted by Crippen LogP contribution is -2.32. The number of rotatable bonds is 6. The number of methoxy groups -OCH3 is 2. The molecule has 6 heteroatoms. The van der Waals surface area contributed by atoms with Gasteiger partial charge in [0, 0.05) is 12.5 Å². The SMILES string of the molecule is COc1cc(C)c(C(C)NC(=O)CC(C)N)cc1OC.Cl. The number of ether oxygens (including phenoxy) is 2. The number of carbonyl (C=O) groups excluding carboxylic acids is 1. The van der Waals surface area contributed by atoms with Crippen LogP contribution >= 0.6 is 12.4 Å². The summed E-state index contributed by atoms with van der Waals surface area (Å²) in [6, 6.07) is 3.54. The summed E-state index contributed by atoms with van der Waals surface area (Å²) in [5, 5.41) is 2.94. The minimum absolute atomic E-state index is 0. The van der Waals surface area contributed by atoms with E-state index in [1.54, 1.807) is 14.2 Å². The highest BCUT2D eigenvalue weighted by Crippen LogP contribution is 2.32. The summed E-state index contributed by atoms with van der Waals surface area (Å²) in [5.41, 5.74) is 7.66. The van der Waals surface area contributed by atoms with Gasteiger partial charge in [-0.15, -0.1) is 12.4 Å². The van der Waals surface area contributed by atoms with Gasteiger partial charge in [0.1, 0.15) is 0 Å². The van der Waals surface area contributed by atoms with E-state index in [2.05, 4.69) is 5.32 Å². The van der Waals surface area contributed by atoms with Gasteiger partial charge in [0.05, 0.1) is 20.3 Å². The first-order valence-electron chi connectivity index (χ1n) is 6.66. The van der Waals surface area contributed by atoms with E-state index in [4.69, 9.17) is 15.2 Å². The maximum absolute atomic E-state index is 11.8. The van der Waals surface area contributed by atoms with E-state index in [9.17, 15) is 4.79 Å². The molecule has 0 aliphatic rings. The Labute approximate surface area is 132 Å². The summed E-state index contributed by atoms with van der Waals surface area (Å²) < 4.78 is 10.6. The number of hydrogen-bond acceptors (Lipinski definition) is 4. The summed E-state index contributed by atoms with van der Waals surface area (Å²) in [6.45, 7) is 5.73. The van der Waals surface area contributed by atoms with Crippen LogP contribution in [-0.2, 0) is 4.79 Å². The minimum Gasteiger partial charge on any atom is -0.493 e. The molecule has 0 heterocycles. The topological polar surface area (TPSA) is 73.6 Å². The quantitative estimate of drug-likeness (QED) is 0.845. The fourth-order valence-corrected chi connectivity index (χ4v) is 2.13. The Morgan fingerprint density at radius 2 is 1.76 bits per heavy atom. The van der Waals surface area contributed by atoms with Crippen LogP contribution in [0.3, 0.4) is 0 Å². The van der Waals surface area contributed by atoms with Crippen molar-refractivity contribution in [3.05, 3.63) is 23.3 Å². The maximum Gasteiger partial charge on any atom is 0.222 e. The number of aryl methyl sites for hydroxylation is 1. The summed E-state index contributed by atoms with van der Waals surface area (Å²) in [7, 11) is 3.20. The van der Waals surface area contributed by atoms with Crippen molar-refractivity contribution in [3.8, 4) is 11.5 Å². The van der Waals surface area contributed by atoms with Crippen molar-refractivity contribution in [1.82, 2.24) is 5.32 Å². The number of nitrogens with two attached hydrogens (primary N) is 1. The lowest BCUT2D eigenvalue weighted by atomic mass is 10.0. The van der Waals surface area contributed by atoms with Crippen LogP contribution in [0.15, 0.2) is 12.1 Å². The fraction of sp³-hybridized carbons (Fsp3) is 0.533. The molecule has 2 unspecified atom stereocenters. The molecule has 0 spiro atoms. The smallest absolute Gasteiger partial charge is 0.222 e. The van der Waals surface area contributed by atoms with Crippen LogP contribution in [0.5, 0.6) is 11.5 Å². The van der Waals surface area contributed by atoms with E-state index in [-0.39, 0.29) is 30.4 Å². The van der Waals surface area contributed by atoms with E-state index in [1.165, 1.54) is 0 Å². The van der Waals surface area contributed by atoms with Gasteiger partial charge in [-0.05, 0) is 44.0 Å². The second-order valence-electron chi connectivity index (χ2n) is 5.03. The highest BCUT2D eigenvalue weighted by Gasteiger charge is 2.16. The molecule has 120 valence electrons. The van der Waals surface area contributed by atoms with Crippen molar-refractivity contribution in [2.75, 3.05) is 14.2 Å². The van der Waals surface area contributed by atoms with Crippen molar-refractivity contribution in [2.45, 2.75) is 39.3 Å². The first-order chi connectivity index (χ1) is 9.38. The van der Waals surface area contributed by atoms with E-state index >= 15 is 0 Å². The highest BCUT2D eigenvalue weighted by atomic mass is 35.5. The molecule has 0 aliphatic carbocycles. The predicted molar refractivity (Wildman–Crippen MR) is 86.4 cm³/mol. The van der Waals surface area contributed by atoms with Gasteiger partial charge in [-0.1, -0.05) is 0 Å². The molecule has 0 aliphatic heterocycles. The molecule has 0 saturated heterocycles. The fourth-order valence-electron chi connectivity index (χ4n) is 2.13. The highest BCUT2D eigenvalue weighted by molar-refractivity contribution is 5.85. The average molecular weight is 317 g/mol. The molecule has 1 aromatic rings. The molecule has 1 rings (SSSR count). The zero-order valence-electron chi connectivity index (χ0n) is 13.2. The Kier molecular flexibility index (Phi) is 8.14. The molecule has 5 nitrogen and oxygen atoms in total. The van der Waals surface area contributed by atoms with Crippen molar-refractivity contribution in [2.24, 2.45) is 5.73 Å². The standard InChI is InChI=1S/C15H24N2O3.ClH/c1-9-6-13(19-4)14(20-5)8-12(9)11(3)17-15(18)7-10(2)16;/h6,8,10-11H,7,16H2,1-5H3,(H,17,18);1H. The van der Waals surface area contributed by atoms with Gasteiger partial charge in [-0.3, -0.25) is 4.79 Å². The number of carbonyl (C=O) groups is 1. The van der Waals surface area contributed by atoms with E-state index in [0.717, 1.165) is 11.1 Å². The summed E-state index contributed by atoms with van der Waals surface area (Å²) >= 11 is 0. The first kappa shape index (κ1) is 19.5. The molecule has 0 bridgehead atoms. The van der Waals surface area contributed by atoms with Crippen molar-refractivity contribution >= 4 is 18.3 Å².